The zero-order chi connectivity index (χ0) is 13.9. The fraction of sp³-hybridized carbons (Fsp3) is 0.0714. The molecule has 1 atom stereocenters. The topological polar surface area (TPSA) is 38.1 Å². The van der Waals surface area contributed by atoms with Crippen molar-refractivity contribution in [3.8, 4) is 0 Å². The van der Waals surface area contributed by atoms with E-state index in [4.69, 9.17) is 16.0 Å². The van der Waals surface area contributed by atoms with Crippen molar-refractivity contribution in [2.24, 2.45) is 0 Å². The molecule has 0 aliphatic carbocycles. The third kappa shape index (κ3) is 2.84. The van der Waals surface area contributed by atoms with Gasteiger partial charge in [-0.15, -0.1) is 11.3 Å². The van der Waals surface area contributed by atoms with Crippen molar-refractivity contribution in [2.75, 3.05) is 5.32 Å². The summed E-state index contributed by atoms with van der Waals surface area (Å²) in [6, 6.07) is 11.7. The minimum absolute atomic E-state index is 0.253. The van der Waals surface area contributed by atoms with Gasteiger partial charge in [-0.2, -0.15) is 4.39 Å². The van der Waals surface area contributed by atoms with Crippen molar-refractivity contribution >= 4 is 28.8 Å². The Morgan fingerprint density at radius 3 is 2.75 bits per heavy atom. The molecule has 0 saturated heterocycles. The van der Waals surface area contributed by atoms with E-state index >= 15 is 0 Å². The van der Waals surface area contributed by atoms with E-state index in [1.165, 1.54) is 17.4 Å². The van der Waals surface area contributed by atoms with E-state index in [0.29, 0.717) is 10.2 Å². The number of furan rings is 1. The molecule has 3 rings (SSSR count). The zero-order valence-corrected chi connectivity index (χ0v) is 11.8. The van der Waals surface area contributed by atoms with Gasteiger partial charge in [0.2, 0.25) is 5.95 Å². The highest BCUT2D eigenvalue weighted by atomic mass is 35.5. The molecule has 1 N–H and O–H groups in total. The number of pyridine rings is 1. The van der Waals surface area contributed by atoms with Gasteiger partial charge in [-0.1, -0.05) is 17.7 Å². The number of nitrogens with zero attached hydrogens (tertiary/aromatic N) is 1. The molecule has 0 aliphatic rings. The monoisotopic (exact) mass is 308 g/mol. The molecular formula is C14H10ClFN2OS. The molecule has 0 bridgehead atoms. The Labute approximate surface area is 124 Å². The predicted octanol–water partition coefficient (Wildman–Crippen LogP) is 4.73. The van der Waals surface area contributed by atoms with Crippen molar-refractivity contribution in [1.82, 2.24) is 4.98 Å². The number of aromatic nitrogens is 1. The predicted molar refractivity (Wildman–Crippen MR) is 77.7 cm³/mol. The third-order valence-corrected chi connectivity index (χ3v) is 4.01. The summed E-state index contributed by atoms with van der Waals surface area (Å²) in [6.45, 7) is 0. The van der Waals surface area contributed by atoms with Crippen LogP contribution in [0.25, 0.3) is 0 Å². The maximum absolute atomic E-state index is 13.2. The lowest BCUT2D eigenvalue weighted by molar-refractivity contribution is 0.499. The fourth-order valence-electron chi connectivity index (χ4n) is 1.86. The van der Waals surface area contributed by atoms with E-state index in [1.54, 1.807) is 24.5 Å². The van der Waals surface area contributed by atoms with Crippen LogP contribution in [0.1, 0.15) is 16.7 Å². The Morgan fingerprint density at radius 1 is 1.20 bits per heavy atom. The van der Waals surface area contributed by atoms with Gasteiger partial charge in [-0.25, -0.2) is 4.98 Å². The molecule has 0 aromatic carbocycles. The van der Waals surface area contributed by atoms with E-state index in [1.807, 2.05) is 18.2 Å². The first-order valence-corrected chi connectivity index (χ1v) is 7.09. The first kappa shape index (κ1) is 13.1. The summed E-state index contributed by atoms with van der Waals surface area (Å²) in [7, 11) is 0. The molecule has 102 valence electrons. The van der Waals surface area contributed by atoms with Gasteiger partial charge in [0, 0.05) is 4.88 Å². The summed E-state index contributed by atoms with van der Waals surface area (Å²) < 4.78 is 19.3. The Morgan fingerprint density at radius 2 is 2.10 bits per heavy atom. The van der Waals surface area contributed by atoms with Crippen LogP contribution in [-0.2, 0) is 0 Å². The number of anilines is 1. The molecule has 0 radical (unpaired) electrons. The summed E-state index contributed by atoms with van der Waals surface area (Å²) in [5.74, 6) is 0.628. The number of hydrogen-bond acceptors (Lipinski definition) is 4. The number of thiophene rings is 1. The Bertz CT molecular complexity index is 699. The molecule has 3 heterocycles. The lowest BCUT2D eigenvalue weighted by atomic mass is 10.2. The van der Waals surface area contributed by atoms with Gasteiger partial charge >= 0.3 is 0 Å². The van der Waals surface area contributed by atoms with Crippen molar-refractivity contribution in [1.29, 1.82) is 0 Å². The van der Waals surface area contributed by atoms with Gasteiger partial charge in [-0.05, 0) is 36.4 Å². The third-order valence-electron chi connectivity index (χ3n) is 2.71. The normalized spacial score (nSPS) is 12.3. The lowest BCUT2D eigenvalue weighted by Crippen LogP contribution is -2.11. The van der Waals surface area contributed by atoms with Crippen LogP contribution in [0.5, 0.6) is 0 Å². The van der Waals surface area contributed by atoms with Crippen LogP contribution in [0.15, 0.2) is 53.1 Å². The summed E-state index contributed by atoms with van der Waals surface area (Å²) in [5, 5.41) is 3.16. The molecular weight excluding hydrogens is 299 g/mol. The lowest BCUT2D eigenvalue weighted by Gasteiger charge is -2.15. The molecule has 0 aliphatic heterocycles. The van der Waals surface area contributed by atoms with E-state index in [2.05, 4.69) is 10.3 Å². The number of nitrogens with one attached hydrogen (secondary N) is 1. The fourth-order valence-corrected chi connectivity index (χ4v) is 2.98. The molecule has 3 nitrogen and oxygen atoms in total. The van der Waals surface area contributed by atoms with Crippen molar-refractivity contribution in [3.63, 3.8) is 0 Å². The van der Waals surface area contributed by atoms with Crippen molar-refractivity contribution in [2.45, 2.75) is 6.04 Å². The summed E-state index contributed by atoms with van der Waals surface area (Å²) in [6.07, 6.45) is 1.60. The van der Waals surface area contributed by atoms with E-state index in [-0.39, 0.29) is 6.04 Å². The maximum atomic E-state index is 13.2. The van der Waals surface area contributed by atoms with Gasteiger partial charge in [0.15, 0.2) is 0 Å². The second-order valence-corrected chi connectivity index (χ2v) is 5.83. The zero-order valence-electron chi connectivity index (χ0n) is 10.2. The van der Waals surface area contributed by atoms with Crippen LogP contribution in [0.3, 0.4) is 0 Å². The molecule has 3 aromatic rings. The second kappa shape index (κ2) is 5.64. The summed E-state index contributed by atoms with van der Waals surface area (Å²) in [4.78, 5) is 4.78. The Balaban J connectivity index is 1.94. The number of rotatable bonds is 4. The number of halogens is 2. The molecule has 0 saturated carbocycles. The SMILES string of the molecule is Fc1cccc(NC(c2ccco2)c2ccc(Cl)s2)n1. The van der Waals surface area contributed by atoms with Gasteiger partial charge in [0.1, 0.15) is 17.6 Å². The van der Waals surface area contributed by atoms with Gasteiger partial charge in [0.05, 0.1) is 10.6 Å². The Kier molecular flexibility index (Phi) is 3.71. The van der Waals surface area contributed by atoms with Crippen LogP contribution in [0.2, 0.25) is 4.34 Å². The summed E-state index contributed by atoms with van der Waals surface area (Å²) >= 11 is 7.42. The molecule has 3 aromatic heterocycles. The van der Waals surface area contributed by atoms with Crippen molar-refractivity contribution in [3.05, 3.63) is 69.6 Å². The molecule has 0 amide bonds. The quantitative estimate of drug-likeness (QED) is 0.708. The smallest absolute Gasteiger partial charge is 0.214 e. The molecule has 0 spiro atoms. The average Bonchev–Trinajstić information content (AvgIpc) is 3.07. The van der Waals surface area contributed by atoms with Crippen molar-refractivity contribution < 1.29 is 8.81 Å². The van der Waals surface area contributed by atoms with Crippen LogP contribution >= 0.6 is 22.9 Å². The largest absolute Gasteiger partial charge is 0.467 e. The van der Waals surface area contributed by atoms with Crippen LogP contribution < -0.4 is 5.32 Å². The van der Waals surface area contributed by atoms with Gasteiger partial charge in [0.25, 0.3) is 0 Å². The minimum atomic E-state index is -0.530. The van der Waals surface area contributed by atoms with Crippen LogP contribution in [0, 0.1) is 5.95 Å². The van der Waals surface area contributed by atoms with Gasteiger partial charge in [-0.3, -0.25) is 0 Å². The second-order valence-electron chi connectivity index (χ2n) is 4.08. The molecule has 20 heavy (non-hydrogen) atoms. The first-order valence-electron chi connectivity index (χ1n) is 5.90. The highest BCUT2D eigenvalue weighted by Crippen LogP contribution is 2.33. The summed E-state index contributed by atoms with van der Waals surface area (Å²) in [5.41, 5.74) is 0. The standard InChI is InChI=1S/C14H10ClFN2OS/c15-11-7-6-10(20-11)14(9-3-2-8-19-9)18-13-5-1-4-12(16)17-13/h1-8,14H,(H,17,18). The molecule has 6 heteroatoms. The average molecular weight is 309 g/mol. The van der Waals surface area contributed by atoms with E-state index < -0.39 is 5.95 Å². The highest BCUT2D eigenvalue weighted by molar-refractivity contribution is 7.16. The first-order chi connectivity index (χ1) is 9.72. The highest BCUT2D eigenvalue weighted by Gasteiger charge is 2.19. The van der Waals surface area contributed by atoms with Crippen LogP contribution in [0.4, 0.5) is 10.2 Å². The molecule has 1 unspecified atom stereocenters. The maximum Gasteiger partial charge on any atom is 0.214 e. The minimum Gasteiger partial charge on any atom is -0.467 e. The Hall–Kier alpha value is -1.85. The van der Waals surface area contributed by atoms with Gasteiger partial charge < -0.3 is 9.73 Å². The van der Waals surface area contributed by atoms with Crippen LogP contribution in [-0.4, -0.2) is 4.98 Å². The number of hydrogen-bond donors (Lipinski definition) is 1. The van der Waals surface area contributed by atoms with E-state index in [0.717, 1.165) is 10.6 Å². The van der Waals surface area contributed by atoms with E-state index in [9.17, 15) is 4.39 Å². The molecule has 0 fully saturated rings.